The third-order valence-corrected chi connectivity index (χ3v) is 2.25. The highest BCUT2D eigenvalue weighted by atomic mass is 35.5. The molecule has 0 radical (unpaired) electrons. The highest BCUT2D eigenvalue weighted by molar-refractivity contribution is 6.00. The SMILES string of the molecule is CN(C)NC1=NCCc2ccccc21.Cl. The Balaban J connectivity index is 0.00000112. The second kappa shape index (κ2) is 5.14. The van der Waals surface area contributed by atoms with Gasteiger partial charge >= 0.3 is 0 Å². The Morgan fingerprint density at radius 2 is 2.00 bits per heavy atom. The number of halogens is 1. The van der Waals surface area contributed by atoms with Gasteiger partial charge in [-0.05, 0) is 12.0 Å². The lowest BCUT2D eigenvalue weighted by Gasteiger charge is -2.21. The maximum Gasteiger partial charge on any atom is 0.143 e. The second-order valence-electron chi connectivity index (χ2n) is 3.64. The van der Waals surface area contributed by atoms with Crippen molar-refractivity contribution in [2.75, 3.05) is 20.6 Å². The van der Waals surface area contributed by atoms with Crippen molar-refractivity contribution in [3.05, 3.63) is 35.4 Å². The molecule has 0 unspecified atom stereocenters. The molecule has 82 valence electrons. The number of hydrogen-bond donors (Lipinski definition) is 1. The number of hydrazine groups is 1. The zero-order chi connectivity index (χ0) is 9.97. The number of nitrogens with one attached hydrogen (secondary N) is 1. The minimum absolute atomic E-state index is 0. The first-order valence-electron chi connectivity index (χ1n) is 4.84. The lowest BCUT2D eigenvalue weighted by Crippen LogP contribution is -2.38. The summed E-state index contributed by atoms with van der Waals surface area (Å²) in [5.41, 5.74) is 5.83. The van der Waals surface area contributed by atoms with Crippen LogP contribution in [0.25, 0.3) is 0 Å². The normalized spacial score (nSPS) is 13.9. The molecule has 0 aromatic heterocycles. The number of aliphatic imine (C=N–C) groups is 1. The summed E-state index contributed by atoms with van der Waals surface area (Å²) < 4.78 is 0. The van der Waals surface area contributed by atoms with Gasteiger partial charge in [-0.2, -0.15) is 0 Å². The van der Waals surface area contributed by atoms with Crippen LogP contribution in [0.2, 0.25) is 0 Å². The zero-order valence-electron chi connectivity index (χ0n) is 9.03. The van der Waals surface area contributed by atoms with Crippen LogP contribution in [0.15, 0.2) is 29.3 Å². The fourth-order valence-corrected chi connectivity index (χ4v) is 1.65. The van der Waals surface area contributed by atoms with Crippen molar-refractivity contribution in [1.29, 1.82) is 0 Å². The van der Waals surface area contributed by atoms with E-state index in [1.165, 1.54) is 11.1 Å². The van der Waals surface area contributed by atoms with Crippen LogP contribution in [0.1, 0.15) is 11.1 Å². The fraction of sp³-hybridized carbons (Fsp3) is 0.364. The van der Waals surface area contributed by atoms with Crippen LogP contribution >= 0.6 is 12.4 Å². The third-order valence-electron chi connectivity index (χ3n) is 2.25. The van der Waals surface area contributed by atoms with Crippen molar-refractivity contribution >= 4 is 18.2 Å². The molecular formula is C11H16ClN3. The van der Waals surface area contributed by atoms with Gasteiger partial charge in [-0.1, -0.05) is 24.3 Å². The van der Waals surface area contributed by atoms with Crippen LogP contribution < -0.4 is 5.43 Å². The number of fused-ring (bicyclic) bond motifs is 1. The molecule has 0 bridgehead atoms. The van der Waals surface area contributed by atoms with E-state index < -0.39 is 0 Å². The number of benzene rings is 1. The van der Waals surface area contributed by atoms with Gasteiger partial charge in [-0.3, -0.25) is 4.99 Å². The molecule has 0 aliphatic carbocycles. The molecule has 1 N–H and O–H groups in total. The molecule has 1 aliphatic rings. The number of rotatable bonds is 1. The Kier molecular flexibility index (Phi) is 4.12. The molecule has 3 nitrogen and oxygen atoms in total. The van der Waals surface area contributed by atoms with E-state index in [2.05, 4.69) is 34.7 Å². The summed E-state index contributed by atoms with van der Waals surface area (Å²) in [5.74, 6) is 0.983. The first-order valence-corrected chi connectivity index (χ1v) is 4.84. The van der Waals surface area contributed by atoms with Crippen molar-refractivity contribution < 1.29 is 0 Å². The van der Waals surface area contributed by atoms with Gasteiger partial charge in [0.05, 0.1) is 0 Å². The number of amidine groups is 1. The highest BCUT2D eigenvalue weighted by Gasteiger charge is 2.12. The molecule has 2 rings (SSSR count). The molecule has 1 aliphatic heterocycles. The Morgan fingerprint density at radius 3 is 2.73 bits per heavy atom. The van der Waals surface area contributed by atoms with Crippen LogP contribution in [0.3, 0.4) is 0 Å². The van der Waals surface area contributed by atoms with Crippen LogP contribution in [0, 0.1) is 0 Å². The summed E-state index contributed by atoms with van der Waals surface area (Å²) in [5, 5.41) is 1.92. The quantitative estimate of drug-likeness (QED) is 0.734. The second-order valence-corrected chi connectivity index (χ2v) is 3.64. The molecule has 4 heteroatoms. The number of nitrogens with zero attached hydrogens (tertiary/aromatic N) is 2. The van der Waals surface area contributed by atoms with Crippen LogP contribution in [0.4, 0.5) is 0 Å². The van der Waals surface area contributed by atoms with Gasteiger partial charge in [0.25, 0.3) is 0 Å². The summed E-state index contributed by atoms with van der Waals surface area (Å²) >= 11 is 0. The molecule has 0 fully saturated rings. The molecule has 0 atom stereocenters. The monoisotopic (exact) mass is 225 g/mol. The molecule has 0 spiro atoms. The minimum atomic E-state index is 0. The average Bonchev–Trinajstić information content (AvgIpc) is 2.18. The average molecular weight is 226 g/mol. The molecule has 1 heterocycles. The summed E-state index contributed by atoms with van der Waals surface area (Å²) in [4.78, 5) is 4.47. The summed E-state index contributed by atoms with van der Waals surface area (Å²) in [6, 6.07) is 8.42. The Morgan fingerprint density at radius 1 is 1.27 bits per heavy atom. The van der Waals surface area contributed by atoms with Gasteiger partial charge in [-0.25, -0.2) is 5.01 Å². The lowest BCUT2D eigenvalue weighted by molar-refractivity contribution is 0.361. The van der Waals surface area contributed by atoms with E-state index in [0.717, 1.165) is 18.8 Å². The van der Waals surface area contributed by atoms with E-state index in [1.807, 2.05) is 19.1 Å². The minimum Gasteiger partial charge on any atom is -0.303 e. The van der Waals surface area contributed by atoms with E-state index in [0.29, 0.717) is 0 Å². The Hall–Kier alpha value is -1.06. The maximum atomic E-state index is 4.47. The molecule has 0 saturated heterocycles. The van der Waals surface area contributed by atoms with E-state index in [1.54, 1.807) is 0 Å². The smallest absolute Gasteiger partial charge is 0.143 e. The standard InChI is InChI=1S/C11H15N3.ClH/c1-14(2)13-11-10-6-4-3-5-9(10)7-8-12-11;/h3-6H,7-8H2,1-2H3,(H,12,13);1H. The van der Waals surface area contributed by atoms with Crippen molar-refractivity contribution in [2.24, 2.45) is 4.99 Å². The number of hydrogen-bond acceptors (Lipinski definition) is 3. The van der Waals surface area contributed by atoms with Crippen LogP contribution in [0.5, 0.6) is 0 Å². The first-order chi connectivity index (χ1) is 6.77. The van der Waals surface area contributed by atoms with Gasteiger partial charge in [0, 0.05) is 26.2 Å². The largest absolute Gasteiger partial charge is 0.303 e. The van der Waals surface area contributed by atoms with E-state index in [4.69, 9.17) is 0 Å². The molecule has 0 amide bonds. The van der Waals surface area contributed by atoms with E-state index >= 15 is 0 Å². The van der Waals surface area contributed by atoms with Crippen molar-refractivity contribution in [3.8, 4) is 0 Å². The van der Waals surface area contributed by atoms with Crippen LogP contribution in [-0.4, -0.2) is 31.5 Å². The Labute approximate surface area is 96.6 Å². The van der Waals surface area contributed by atoms with Gasteiger partial charge in [0.2, 0.25) is 0 Å². The van der Waals surface area contributed by atoms with Crippen molar-refractivity contribution in [3.63, 3.8) is 0 Å². The van der Waals surface area contributed by atoms with Gasteiger partial charge in [0.15, 0.2) is 0 Å². The predicted molar refractivity (Wildman–Crippen MR) is 65.6 cm³/mol. The predicted octanol–water partition coefficient (Wildman–Crippen LogP) is 1.48. The summed E-state index contributed by atoms with van der Waals surface area (Å²) in [6.45, 7) is 0.882. The van der Waals surface area contributed by atoms with Crippen molar-refractivity contribution in [1.82, 2.24) is 10.4 Å². The molecular weight excluding hydrogens is 210 g/mol. The van der Waals surface area contributed by atoms with Gasteiger partial charge in [-0.15, -0.1) is 12.4 Å². The molecule has 1 aromatic carbocycles. The molecule has 15 heavy (non-hydrogen) atoms. The van der Waals surface area contributed by atoms with Gasteiger partial charge in [0.1, 0.15) is 5.84 Å². The summed E-state index contributed by atoms with van der Waals surface area (Å²) in [7, 11) is 3.94. The maximum absolute atomic E-state index is 4.47. The lowest BCUT2D eigenvalue weighted by atomic mass is 10.0. The van der Waals surface area contributed by atoms with E-state index in [-0.39, 0.29) is 12.4 Å². The summed E-state index contributed by atoms with van der Waals surface area (Å²) in [6.07, 6.45) is 1.05. The van der Waals surface area contributed by atoms with Gasteiger partial charge < -0.3 is 5.43 Å². The highest BCUT2D eigenvalue weighted by Crippen LogP contribution is 2.14. The van der Waals surface area contributed by atoms with Crippen molar-refractivity contribution in [2.45, 2.75) is 6.42 Å². The molecule has 0 saturated carbocycles. The third kappa shape index (κ3) is 2.70. The first kappa shape index (κ1) is 12.0. The fourth-order valence-electron chi connectivity index (χ4n) is 1.65. The van der Waals surface area contributed by atoms with Crippen LogP contribution in [-0.2, 0) is 6.42 Å². The Bertz CT molecular complexity index is 361. The topological polar surface area (TPSA) is 27.6 Å². The van der Waals surface area contributed by atoms with E-state index in [9.17, 15) is 0 Å². The zero-order valence-corrected chi connectivity index (χ0v) is 9.84. The molecule has 1 aromatic rings.